The highest BCUT2D eigenvalue weighted by atomic mass is 31.3. The van der Waals surface area contributed by atoms with E-state index >= 15 is 0 Å². The quantitative estimate of drug-likeness (QED) is 0.0163. The molecule has 2 saturated heterocycles. The maximum atomic E-state index is 14.0. The first-order chi connectivity index (χ1) is 38.3. The lowest BCUT2D eigenvalue weighted by Crippen LogP contribution is -2.51. The third-order valence-corrected chi connectivity index (χ3v) is 17.9. The molecule has 3 heterocycles. The molecule has 80 heavy (non-hydrogen) atoms. The van der Waals surface area contributed by atoms with Gasteiger partial charge in [-0.1, -0.05) is 193 Å². The van der Waals surface area contributed by atoms with Gasteiger partial charge in [0.05, 0.1) is 37.4 Å². The van der Waals surface area contributed by atoms with Crippen molar-refractivity contribution in [3.63, 3.8) is 0 Å². The minimum absolute atomic E-state index is 0.00794. The molecule has 3 rings (SSSR count). The van der Waals surface area contributed by atoms with Crippen LogP contribution in [0.15, 0.2) is 29.2 Å². The summed E-state index contributed by atoms with van der Waals surface area (Å²) < 4.78 is 59.3. The Morgan fingerprint density at radius 2 is 1.34 bits per heavy atom. The van der Waals surface area contributed by atoms with Crippen LogP contribution >= 0.6 is 15.6 Å². The van der Waals surface area contributed by atoms with Crippen molar-refractivity contribution in [1.82, 2.24) is 9.55 Å². The number of ether oxygens (including phenoxy) is 3. The van der Waals surface area contributed by atoms with Gasteiger partial charge in [0.15, 0.2) is 6.10 Å². The number of Topliss-reactive ketones (excluding diaryl/α,β-unsaturated/α-hetero) is 1. The van der Waals surface area contributed by atoms with Gasteiger partial charge in [-0.05, 0) is 37.7 Å². The largest absolute Gasteiger partial charge is 0.481 e. The molecule has 1 aromatic rings. The summed E-state index contributed by atoms with van der Waals surface area (Å²) in [6, 6.07) is 1.25. The smallest absolute Gasteiger partial charge is 0.462 e. The van der Waals surface area contributed by atoms with Crippen LogP contribution in [0.3, 0.4) is 0 Å². The Morgan fingerprint density at radius 3 is 1.93 bits per heavy atom. The van der Waals surface area contributed by atoms with Gasteiger partial charge in [-0.25, -0.2) is 13.9 Å². The van der Waals surface area contributed by atoms with Crippen molar-refractivity contribution in [2.75, 3.05) is 25.6 Å². The molecule has 2 bridgehead atoms. The second-order valence-corrected chi connectivity index (χ2v) is 25.3. The van der Waals surface area contributed by atoms with E-state index in [1.165, 1.54) is 121 Å². The summed E-state index contributed by atoms with van der Waals surface area (Å²) in [5, 5.41) is 45.9. The van der Waals surface area contributed by atoms with E-state index in [2.05, 4.69) is 23.1 Å². The van der Waals surface area contributed by atoms with Crippen LogP contribution in [0.2, 0.25) is 0 Å². The number of anilines is 1. The molecule has 0 saturated carbocycles. The van der Waals surface area contributed by atoms with Crippen LogP contribution in [-0.2, 0) is 51.1 Å². The van der Waals surface area contributed by atoms with Gasteiger partial charge in [0, 0.05) is 31.4 Å². The number of unbranched alkanes of at least 4 members (excludes halogenated alkanes) is 19. The molecule has 8 N–H and O–H groups in total. The van der Waals surface area contributed by atoms with E-state index in [1.807, 2.05) is 6.92 Å². The molecular weight excluding hydrogens is 1080 g/mol. The number of cyclic esters (lactones) is 1. The number of carbonyl (C=O) groups is 3. The van der Waals surface area contributed by atoms with E-state index in [-0.39, 0.29) is 25.1 Å². The monoisotopic (exact) mass is 1180 g/mol. The number of aromatic nitrogens is 2. The molecule has 0 spiro atoms. The number of phosphoric ester groups is 2. The molecule has 0 amide bonds. The molecule has 0 aliphatic carbocycles. The van der Waals surface area contributed by atoms with Crippen LogP contribution in [0.1, 0.15) is 232 Å². The van der Waals surface area contributed by atoms with Gasteiger partial charge >= 0.3 is 33.3 Å². The average molecular weight is 1180 g/mol. The standard InChI is InChI=1S/C57H101N3O18P2/c1-4-6-25-31-44(61)35-36-46-48(62)39-49(63)47-32-27-23-24-28-33-52(64)73-40-45(76-53(65)34-29-22-20-18-16-14-12-10-8-7-9-11-13-15-17-19-21-26-30-43(3)5-2)41-74-79(69,70)78-80(71,72)75-42-50(55(67)54(46)66)77-56(47)60-38-37-51(58)59-57(60)68/h35-38,43-47,49-50,54-56,61,63,66-67H,4-34,39-42H2,1-3H3,(H,69,70)(H,71,72)(H2,58,59,68)/b36-35+/t43?,44-,45+,46-,47-,49-,50+,54-,55+,56+/m0/s1. The average Bonchev–Trinajstić information content (AvgIpc) is 3.40. The van der Waals surface area contributed by atoms with Crippen molar-refractivity contribution >= 4 is 39.2 Å². The van der Waals surface area contributed by atoms with Crippen LogP contribution in [0.5, 0.6) is 0 Å². The van der Waals surface area contributed by atoms with E-state index in [0.717, 1.165) is 49.0 Å². The van der Waals surface area contributed by atoms with E-state index in [4.69, 9.17) is 29.0 Å². The van der Waals surface area contributed by atoms with Gasteiger partial charge in [-0.3, -0.25) is 28.0 Å². The number of nitrogen functional groups attached to an aromatic ring is 1. The number of carbonyl (C=O) groups excluding carboxylic acids is 3. The molecule has 0 radical (unpaired) electrons. The number of hydrogen-bond acceptors (Lipinski definition) is 18. The lowest BCUT2D eigenvalue weighted by atomic mass is 9.83. The van der Waals surface area contributed by atoms with E-state index in [1.54, 1.807) is 0 Å². The summed E-state index contributed by atoms with van der Waals surface area (Å²) in [7, 11) is -11.3. The maximum absolute atomic E-state index is 14.0. The molecule has 2 fully saturated rings. The van der Waals surface area contributed by atoms with Gasteiger partial charge < -0.3 is 50.2 Å². The number of fused-ring (bicyclic) bond motifs is 3. The molecule has 21 nitrogen and oxygen atoms in total. The lowest BCUT2D eigenvalue weighted by molar-refractivity contribution is -0.188. The van der Waals surface area contributed by atoms with Crippen LogP contribution in [0.4, 0.5) is 5.82 Å². The van der Waals surface area contributed by atoms with E-state index in [9.17, 15) is 58.5 Å². The van der Waals surface area contributed by atoms with Crippen molar-refractivity contribution < 1.29 is 81.3 Å². The molecular formula is C57H101N3O18P2. The first-order valence-electron chi connectivity index (χ1n) is 30.2. The predicted molar refractivity (Wildman–Crippen MR) is 304 cm³/mol. The van der Waals surface area contributed by atoms with E-state index in [0.29, 0.717) is 44.9 Å². The van der Waals surface area contributed by atoms with Gasteiger partial charge in [0.1, 0.15) is 36.6 Å². The molecule has 2 aliphatic heterocycles. The number of esters is 2. The summed E-state index contributed by atoms with van der Waals surface area (Å²) in [6.45, 7) is 3.90. The molecule has 1 aromatic heterocycles. The number of phosphoric acid groups is 2. The number of aliphatic hydroxyl groups excluding tert-OH is 4. The van der Waals surface area contributed by atoms with Crippen LogP contribution in [-0.4, -0.2) is 114 Å². The SMILES string of the molecule is CCCCC[C@H](O)/C=C/[C@H]1C(=O)C[C@H](O)[C@@H]2CCCCCCC(=O)OC[C@@H](OC(=O)CCCCCCCCCCCCCCCCCCCCC(C)CC)COP(=O)(O)OP(=O)(O)OC[C@@H](O[C@H]2n2ccc(N)nc2=O)[C@@H](O)[C@H]1O. The van der Waals surface area contributed by atoms with Crippen LogP contribution in [0.25, 0.3) is 0 Å². The zero-order chi connectivity index (χ0) is 58.8. The van der Waals surface area contributed by atoms with Crippen molar-refractivity contribution in [3.8, 4) is 0 Å². The first kappa shape index (κ1) is 71.4. The molecule has 3 unspecified atom stereocenters. The Hall–Kier alpha value is -2.91. The summed E-state index contributed by atoms with van der Waals surface area (Å²) >= 11 is 0. The van der Waals surface area contributed by atoms with E-state index < -0.39 is 120 Å². The topological polar surface area (TPSA) is 323 Å². The van der Waals surface area contributed by atoms with Gasteiger partial charge in [-0.2, -0.15) is 9.29 Å². The fraction of sp³-hybridized carbons (Fsp3) is 0.842. The van der Waals surface area contributed by atoms with Crippen LogP contribution in [0, 0.1) is 17.8 Å². The summed E-state index contributed by atoms with van der Waals surface area (Å²) in [5.74, 6) is -4.17. The highest BCUT2D eigenvalue weighted by Gasteiger charge is 2.45. The zero-order valence-corrected chi connectivity index (χ0v) is 50.1. The van der Waals surface area contributed by atoms with Crippen LogP contribution < -0.4 is 11.4 Å². The van der Waals surface area contributed by atoms with Gasteiger partial charge in [0.25, 0.3) is 0 Å². The first-order valence-corrected chi connectivity index (χ1v) is 33.2. The molecule has 12 atom stereocenters. The number of nitrogens with two attached hydrogens (primary N) is 1. The van der Waals surface area contributed by atoms with Crippen molar-refractivity contribution in [1.29, 1.82) is 0 Å². The third-order valence-electron chi connectivity index (χ3n) is 15.3. The number of hydrogen-bond donors (Lipinski definition) is 7. The highest BCUT2D eigenvalue weighted by molar-refractivity contribution is 7.61. The fourth-order valence-electron chi connectivity index (χ4n) is 10.1. The second kappa shape index (κ2) is 40.4. The molecule has 0 aromatic carbocycles. The molecule has 23 heteroatoms. The lowest BCUT2D eigenvalue weighted by Gasteiger charge is -2.39. The Kier molecular flexibility index (Phi) is 36.0. The second-order valence-electron chi connectivity index (χ2n) is 22.2. The summed E-state index contributed by atoms with van der Waals surface area (Å²) in [4.78, 5) is 78.5. The van der Waals surface area contributed by atoms with Crippen molar-refractivity contribution in [3.05, 3.63) is 34.9 Å². The van der Waals surface area contributed by atoms with Crippen molar-refractivity contribution in [2.45, 2.75) is 269 Å². The molecule has 462 valence electrons. The summed E-state index contributed by atoms with van der Waals surface area (Å²) in [5.41, 5.74) is 4.80. The number of nitrogens with zero attached hydrogens (tertiary/aromatic N) is 2. The van der Waals surface area contributed by atoms with Crippen molar-refractivity contribution in [2.24, 2.45) is 17.8 Å². The Labute approximate surface area is 475 Å². The Morgan fingerprint density at radius 1 is 0.775 bits per heavy atom. The van der Waals surface area contributed by atoms with Gasteiger partial charge in [0.2, 0.25) is 0 Å². The minimum Gasteiger partial charge on any atom is -0.462 e. The normalized spacial score (nSPS) is 28.2. The Balaban J connectivity index is 1.62. The minimum atomic E-state index is -5.72. The molecule has 2 aliphatic rings. The maximum Gasteiger partial charge on any atom is 0.481 e. The van der Waals surface area contributed by atoms with Gasteiger partial charge in [-0.15, -0.1) is 0 Å². The zero-order valence-electron chi connectivity index (χ0n) is 48.3. The fourth-order valence-corrected chi connectivity index (χ4v) is 12.2. The third kappa shape index (κ3) is 30.1. The number of rotatable bonds is 30. The highest BCUT2D eigenvalue weighted by Crippen LogP contribution is 2.60. The summed E-state index contributed by atoms with van der Waals surface area (Å²) in [6.07, 6.45) is 19.6. The number of ketones is 1. The Bertz CT molecular complexity index is 2080. The predicted octanol–water partition coefficient (Wildman–Crippen LogP) is 10.4. The number of aliphatic hydroxyl groups is 4.